The smallest absolute Gasteiger partial charge is 0.263 e. The van der Waals surface area contributed by atoms with Crippen LogP contribution in [0.1, 0.15) is 6.92 Å². The molecule has 0 amide bonds. The van der Waals surface area contributed by atoms with Crippen LogP contribution in [0, 0.1) is 0 Å². The topological polar surface area (TPSA) is 107 Å². The van der Waals surface area contributed by atoms with Gasteiger partial charge >= 0.3 is 0 Å². The molecular weight excluding hydrogens is 280 g/mol. The summed E-state index contributed by atoms with van der Waals surface area (Å²) in [5, 5.41) is 0. The molecule has 0 radical (unpaired) electrons. The van der Waals surface area contributed by atoms with E-state index in [0.29, 0.717) is 18.2 Å². The molecular formula is C12H14N4O3S. The van der Waals surface area contributed by atoms with Gasteiger partial charge in [0.25, 0.3) is 10.0 Å². The first-order valence-electron chi connectivity index (χ1n) is 5.84. The van der Waals surface area contributed by atoms with Gasteiger partial charge in [-0.15, -0.1) is 0 Å². The number of nitrogens with two attached hydrogens (primary N) is 1. The molecule has 0 aromatic carbocycles. The third-order valence-electron chi connectivity index (χ3n) is 2.35. The van der Waals surface area contributed by atoms with Gasteiger partial charge in [0.05, 0.1) is 18.5 Å². The summed E-state index contributed by atoms with van der Waals surface area (Å²) < 4.78 is 31.7. The molecule has 0 aliphatic heterocycles. The van der Waals surface area contributed by atoms with E-state index in [-0.39, 0.29) is 10.7 Å². The van der Waals surface area contributed by atoms with E-state index >= 15 is 0 Å². The number of nitrogens with zero attached hydrogens (tertiary/aromatic N) is 2. The minimum absolute atomic E-state index is 0.0283. The lowest BCUT2D eigenvalue weighted by atomic mass is 10.4. The minimum Gasteiger partial charge on any atom is -0.478 e. The third-order valence-corrected chi connectivity index (χ3v) is 3.72. The summed E-state index contributed by atoms with van der Waals surface area (Å²) in [5.41, 5.74) is 5.76. The van der Waals surface area contributed by atoms with Gasteiger partial charge in [-0.2, -0.15) is 0 Å². The molecule has 2 aromatic rings. The van der Waals surface area contributed by atoms with Gasteiger partial charge in [0, 0.05) is 12.3 Å². The first kappa shape index (κ1) is 14.1. The van der Waals surface area contributed by atoms with Crippen LogP contribution in [0.15, 0.2) is 41.6 Å². The molecule has 0 atom stereocenters. The number of anilines is 2. The van der Waals surface area contributed by atoms with E-state index in [1.807, 2.05) is 6.92 Å². The van der Waals surface area contributed by atoms with Crippen molar-refractivity contribution in [1.29, 1.82) is 0 Å². The Kier molecular flexibility index (Phi) is 4.04. The molecule has 8 heteroatoms. The van der Waals surface area contributed by atoms with Crippen LogP contribution in [0.4, 0.5) is 11.5 Å². The molecule has 0 saturated carbocycles. The number of hydrogen-bond donors (Lipinski definition) is 2. The number of nitrogens with one attached hydrogen (secondary N) is 1. The lowest BCUT2D eigenvalue weighted by Gasteiger charge is -2.08. The summed E-state index contributed by atoms with van der Waals surface area (Å²) in [6.45, 7) is 2.33. The fourth-order valence-electron chi connectivity index (χ4n) is 1.44. The Morgan fingerprint density at radius 3 is 2.55 bits per heavy atom. The summed E-state index contributed by atoms with van der Waals surface area (Å²) in [5.74, 6) is 0.691. The zero-order valence-electron chi connectivity index (χ0n) is 10.8. The van der Waals surface area contributed by atoms with Crippen LogP contribution in [0.5, 0.6) is 5.88 Å². The number of hydrogen-bond acceptors (Lipinski definition) is 6. The zero-order valence-corrected chi connectivity index (χ0v) is 11.6. The van der Waals surface area contributed by atoms with E-state index in [2.05, 4.69) is 14.7 Å². The number of nitrogen functional groups attached to an aromatic ring is 1. The van der Waals surface area contributed by atoms with Gasteiger partial charge in [-0.3, -0.25) is 4.72 Å². The first-order chi connectivity index (χ1) is 9.51. The fraction of sp³-hybridized carbons (Fsp3) is 0.167. The molecule has 0 unspecified atom stereocenters. The van der Waals surface area contributed by atoms with Crippen molar-refractivity contribution in [3.05, 3.63) is 36.7 Å². The largest absolute Gasteiger partial charge is 0.478 e. The summed E-state index contributed by atoms with van der Waals surface area (Å²) in [7, 11) is -3.70. The van der Waals surface area contributed by atoms with Crippen molar-refractivity contribution in [1.82, 2.24) is 9.97 Å². The average molecular weight is 294 g/mol. The molecule has 0 saturated heterocycles. The van der Waals surface area contributed by atoms with Crippen LogP contribution >= 0.6 is 0 Å². The number of ether oxygens (including phenoxy) is 1. The first-order valence-corrected chi connectivity index (χ1v) is 7.33. The maximum Gasteiger partial charge on any atom is 0.263 e. The Hall–Kier alpha value is -2.35. The molecule has 20 heavy (non-hydrogen) atoms. The second kappa shape index (κ2) is 5.74. The SMILES string of the molecule is CCOc1ccc(NS(=O)(=O)c2ccc(N)nc2)cn1. The van der Waals surface area contributed by atoms with E-state index < -0.39 is 10.0 Å². The van der Waals surface area contributed by atoms with Gasteiger partial charge in [0.15, 0.2) is 0 Å². The summed E-state index contributed by atoms with van der Waals surface area (Å²) in [4.78, 5) is 7.75. The standard InChI is InChI=1S/C12H14N4O3S/c1-2-19-12-6-3-9(7-15-12)16-20(17,18)10-4-5-11(13)14-8-10/h3-8,16H,2H2,1H3,(H2,13,14). The molecule has 2 aromatic heterocycles. The molecule has 7 nitrogen and oxygen atoms in total. The maximum atomic E-state index is 12.1. The normalized spacial score (nSPS) is 11.1. The van der Waals surface area contributed by atoms with Crippen LogP contribution in [0.2, 0.25) is 0 Å². The maximum absolute atomic E-state index is 12.1. The summed E-state index contributed by atoms with van der Waals surface area (Å²) in [6.07, 6.45) is 2.58. The van der Waals surface area contributed by atoms with Gasteiger partial charge in [-0.25, -0.2) is 18.4 Å². The number of sulfonamides is 1. The van der Waals surface area contributed by atoms with E-state index in [1.165, 1.54) is 24.5 Å². The Morgan fingerprint density at radius 2 is 2.00 bits per heavy atom. The van der Waals surface area contributed by atoms with Gasteiger partial charge < -0.3 is 10.5 Å². The summed E-state index contributed by atoms with van der Waals surface area (Å²) >= 11 is 0. The Labute approximate surface area is 116 Å². The van der Waals surface area contributed by atoms with Crippen molar-refractivity contribution < 1.29 is 13.2 Å². The summed E-state index contributed by atoms with van der Waals surface area (Å²) in [6, 6.07) is 5.96. The second-order valence-corrected chi connectivity index (χ2v) is 5.52. The van der Waals surface area contributed by atoms with Crippen molar-refractivity contribution in [2.24, 2.45) is 0 Å². The van der Waals surface area contributed by atoms with Crippen LogP contribution in [0.3, 0.4) is 0 Å². The predicted octanol–water partition coefficient (Wildman–Crippen LogP) is 1.26. The quantitative estimate of drug-likeness (QED) is 0.859. The van der Waals surface area contributed by atoms with Crippen molar-refractivity contribution >= 4 is 21.5 Å². The van der Waals surface area contributed by atoms with E-state index in [4.69, 9.17) is 10.5 Å². The molecule has 0 fully saturated rings. The van der Waals surface area contributed by atoms with Gasteiger partial charge in [-0.05, 0) is 25.1 Å². The molecule has 0 aliphatic rings. The molecule has 2 heterocycles. The Balaban J connectivity index is 2.17. The number of pyridine rings is 2. The highest BCUT2D eigenvalue weighted by Gasteiger charge is 2.14. The van der Waals surface area contributed by atoms with Crippen LogP contribution in [-0.2, 0) is 10.0 Å². The van der Waals surface area contributed by atoms with Crippen LogP contribution in [0.25, 0.3) is 0 Å². The monoisotopic (exact) mass is 294 g/mol. The predicted molar refractivity (Wildman–Crippen MR) is 74.9 cm³/mol. The van der Waals surface area contributed by atoms with Crippen molar-refractivity contribution in [2.45, 2.75) is 11.8 Å². The molecule has 2 rings (SSSR count). The molecule has 0 spiro atoms. The molecule has 0 bridgehead atoms. The highest BCUT2D eigenvalue weighted by molar-refractivity contribution is 7.92. The van der Waals surface area contributed by atoms with Crippen LogP contribution < -0.4 is 15.2 Å². The van der Waals surface area contributed by atoms with E-state index in [9.17, 15) is 8.42 Å². The highest BCUT2D eigenvalue weighted by Crippen LogP contribution is 2.17. The van der Waals surface area contributed by atoms with Gasteiger partial charge in [0.1, 0.15) is 10.7 Å². The van der Waals surface area contributed by atoms with Gasteiger partial charge in [0.2, 0.25) is 5.88 Å². The number of rotatable bonds is 5. The molecule has 106 valence electrons. The van der Waals surface area contributed by atoms with Gasteiger partial charge in [-0.1, -0.05) is 0 Å². The lowest BCUT2D eigenvalue weighted by molar-refractivity contribution is 0.327. The van der Waals surface area contributed by atoms with Crippen molar-refractivity contribution in [3.63, 3.8) is 0 Å². The van der Waals surface area contributed by atoms with Crippen molar-refractivity contribution in [3.8, 4) is 5.88 Å². The Morgan fingerprint density at radius 1 is 1.20 bits per heavy atom. The van der Waals surface area contributed by atoms with E-state index in [1.54, 1.807) is 12.1 Å². The van der Waals surface area contributed by atoms with Crippen LogP contribution in [-0.4, -0.2) is 25.0 Å². The zero-order chi connectivity index (χ0) is 14.6. The molecule has 3 N–H and O–H groups in total. The average Bonchev–Trinajstić information content (AvgIpc) is 2.41. The fourth-order valence-corrected chi connectivity index (χ4v) is 2.43. The highest BCUT2D eigenvalue weighted by atomic mass is 32.2. The van der Waals surface area contributed by atoms with E-state index in [0.717, 1.165) is 0 Å². The second-order valence-electron chi connectivity index (χ2n) is 3.84. The van der Waals surface area contributed by atoms with Crippen molar-refractivity contribution in [2.75, 3.05) is 17.1 Å². The number of aromatic nitrogens is 2. The molecule has 0 aliphatic carbocycles. The Bertz CT molecular complexity index is 669. The minimum atomic E-state index is -3.70. The lowest BCUT2D eigenvalue weighted by Crippen LogP contribution is -2.13. The third kappa shape index (κ3) is 3.35.